The van der Waals surface area contributed by atoms with E-state index in [9.17, 15) is 4.39 Å². The maximum atomic E-state index is 12.9. The van der Waals surface area contributed by atoms with Crippen LogP contribution in [0.4, 0.5) is 4.39 Å². The summed E-state index contributed by atoms with van der Waals surface area (Å²) in [6.07, 6.45) is 1.24. The molecular weight excluding hydrogens is 255 g/mol. The quantitative estimate of drug-likeness (QED) is 0.903. The third-order valence-corrected chi connectivity index (χ3v) is 3.31. The molecule has 0 spiro atoms. The average Bonchev–Trinajstić information content (AvgIpc) is 2.48. The number of nitrogens with zero attached hydrogens (tertiary/aromatic N) is 1. The molecule has 106 valence electrons. The van der Waals surface area contributed by atoms with E-state index < -0.39 is 0 Å². The van der Waals surface area contributed by atoms with E-state index >= 15 is 0 Å². The van der Waals surface area contributed by atoms with Gasteiger partial charge in [-0.1, -0.05) is 12.1 Å². The van der Waals surface area contributed by atoms with Gasteiger partial charge in [-0.2, -0.15) is 0 Å². The third-order valence-electron chi connectivity index (χ3n) is 3.31. The summed E-state index contributed by atoms with van der Waals surface area (Å²) in [6.45, 7) is 4.10. The molecule has 0 fully saturated rings. The van der Waals surface area contributed by atoms with Crippen LogP contribution in [0.3, 0.4) is 0 Å². The summed E-state index contributed by atoms with van der Waals surface area (Å²) in [4.78, 5) is 4.09. The Hall–Kier alpha value is -1.94. The number of methoxy groups -OCH3 is 1. The lowest BCUT2D eigenvalue weighted by Gasteiger charge is -2.20. The van der Waals surface area contributed by atoms with Crippen LogP contribution in [0.25, 0.3) is 0 Å². The van der Waals surface area contributed by atoms with Crippen molar-refractivity contribution in [2.45, 2.75) is 25.9 Å². The second kappa shape index (κ2) is 6.48. The van der Waals surface area contributed by atoms with Gasteiger partial charge in [0.15, 0.2) is 0 Å². The number of benzene rings is 1. The smallest absolute Gasteiger partial charge is 0.141 e. The van der Waals surface area contributed by atoms with E-state index in [2.05, 4.69) is 17.2 Å². The van der Waals surface area contributed by atoms with Gasteiger partial charge in [0.05, 0.1) is 19.0 Å². The molecule has 0 amide bonds. The maximum absolute atomic E-state index is 12.9. The van der Waals surface area contributed by atoms with Gasteiger partial charge in [-0.3, -0.25) is 4.98 Å². The standard InChI is InChI=1S/C16H19FN2O/c1-11(13-4-7-15(20-3)8-5-13)19-12(2)16-9-6-14(17)10-18-16/h4-12,19H,1-3H3/t11-,12?/m1/s1. The summed E-state index contributed by atoms with van der Waals surface area (Å²) in [5, 5.41) is 3.44. The molecule has 1 N–H and O–H groups in total. The number of nitrogens with one attached hydrogen (secondary N) is 1. The predicted molar refractivity (Wildman–Crippen MR) is 77.2 cm³/mol. The van der Waals surface area contributed by atoms with E-state index in [4.69, 9.17) is 4.74 Å². The number of pyridine rings is 1. The molecule has 1 unspecified atom stereocenters. The molecule has 0 radical (unpaired) electrons. The summed E-state index contributed by atoms with van der Waals surface area (Å²) < 4.78 is 18.0. The van der Waals surface area contributed by atoms with Gasteiger partial charge in [0.1, 0.15) is 11.6 Å². The van der Waals surface area contributed by atoms with Crippen molar-refractivity contribution in [2.24, 2.45) is 0 Å². The van der Waals surface area contributed by atoms with Crippen LogP contribution < -0.4 is 10.1 Å². The molecule has 0 aliphatic rings. The van der Waals surface area contributed by atoms with Crippen LogP contribution in [0.1, 0.15) is 37.2 Å². The average molecular weight is 274 g/mol. The number of rotatable bonds is 5. The Bertz CT molecular complexity index is 539. The van der Waals surface area contributed by atoms with Gasteiger partial charge in [0.2, 0.25) is 0 Å². The summed E-state index contributed by atoms with van der Waals surface area (Å²) in [5.74, 6) is 0.526. The molecule has 2 atom stereocenters. The van der Waals surface area contributed by atoms with Crippen LogP contribution in [0.5, 0.6) is 5.75 Å². The lowest BCUT2D eigenvalue weighted by Crippen LogP contribution is -2.23. The number of ether oxygens (including phenoxy) is 1. The Labute approximate surface area is 118 Å². The second-order valence-electron chi connectivity index (χ2n) is 4.78. The van der Waals surface area contributed by atoms with Crippen LogP contribution in [-0.4, -0.2) is 12.1 Å². The second-order valence-corrected chi connectivity index (χ2v) is 4.78. The van der Waals surface area contributed by atoms with Crippen molar-refractivity contribution >= 4 is 0 Å². The molecule has 0 saturated heterocycles. The number of halogens is 1. The molecule has 20 heavy (non-hydrogen) atoms. The van der Waals surface area contributed by atoms with Crippen molar-refractivity contribution in [3.8, 4) is 5.75 Å². The molecule has 2 aromatic rings. The van der Waals surface area contributed by atoms with Crippen molar-refractivity contribution in [1.82, 2.24) is 10.3 Å². The molecule has 3 nitrogen and oxygen atoms in total. The highest BCUT2D eigenvalue weighted by atomic mass is 19.1. The van der Waals surface area contributed by atoms with Gasteiger partial charge in [0, 0.05) is 12.1 Å². The van der Waals surface area contributed by atoms with E-state index in [1.165, 1.54) is 17.8 Å². The minimum Gasteiger partial charge on any atom is -0.497 e. The molecule has 0 aliphatic carbocycles. The highest BCUT2D eigenvalue weighted by Gasteiger charge is 2.12. The van der Waals surface area contributed by atoms with E-state index in [-0.39, 0.29) is 17.9 Å². The molecule has 0 saturated carbocycles. The fourth-order valence-electron chi connectivity index (χ4n) is 2.09. The minimum absolute atomic E-state index is 0.0488. The topological polar surface area (TPSA) is 34.1 Å². The van der Waals surface area contributed by atoms with Crippen molar-refractivity contribution in [2.75, 3.05) is 7.11 Å². The normalized spacial score (nSPS) is 13.8. The highest BCUT2D eigenvalue weighted by molar-refractivity contribution is 5.29. The Morgan fingerprint density at radius 1 is 1.05 bits per heavy atom. The Balaban J connectivity index is 2.02. The monoisotopic (exact) mass is 274 g/mol. The first-order valence-electron chi connectivity index (χ1n) is 6.61. The Morgan fingerprint density at radius 3 is 2.30 bits per heavy atom. The molecule has 1 aromatic heterocycles. The van der Waals surface area contributed by atoms with Gasteiger partial charge in [-0.25, -0.2) is 4.39 Å². The van der Waals surface area contributed by atoms with Crippen LogP contribution in [-0.2, 0) is 0 Å². The first-order chi connectivity index (χ1) is 9.60. The van der Waals surface area contributed by atoms with Crippen molar-refractivity contribution in [3.63, 3.8) is 0 Å². The maximum Gasteiger partial charge on any atom is 0.141 e. The van der Waals surface area contributed by atoms with Crippen LogP contribution in [0, 0.1) is 5.82 Å². The predicted octanol–water partition coefficient (Wildman–Crippen LogP) is 3.64. The SMILES string of the molecule is COc1ccc([C@@H](C)NC(C)c2ccc(F)cn2)cc1. The molecule has 4 heteroatoms. The first kappa shape index (κ1) is 14.5. The Kier molecular flexibility index (Phi) is 4.69. The van der Waals surface area contributed by atoms with Gasteiger partial charge < -0.3 is 10.1 Å². The molecular formula is C16H19FN2O. The summed E-state index contributed by atoms with van der Waals surface area (Å²) in [7, 11) is 1.65. The lowest BCUT2D eigenvalue weighted by molar-refractivity contribution is 0.414. The van der Waals surface area contributed by atoms with Gasteiger partial charge in [-0.05, 0) is 43.7 Å². The third kappa shape index (κ3) is 3.54. The summed E-state index contributed by atoms with van der Waals surface area (Å²) in [5.41, 5.74) is 1.99. The van der Waals surface area contributed by atoms with Gasteiger partial charge >= 0.3 is 0 Å². The van der Waals surface area contributed by atoms with Crippen molar-refractivity contribution < 1.29 is 9.13 Å². The van der Waals surface area contributed by atoms with Gasteiger partial charge in [-0.15, -0.1) is 0 Å². The zero-order valence-electron chi connectivity index (χ0n) is 11.9. The lowest BCUT2D eigenvalue weighted by atomic mass is 10.1. The fourth-order valence-corrected chi connectivity index (χ4v) is 2.09. The molecule has 1 heterocycles. The van der Waals surface area contributed by atoms with E-state index in [0.29, 0.717) is 0 Å². The molecule has 2 rings (SSSR count). The fraction of sp³-hybridized carbons (Fsp3) is 0.312. The summed E-state index contributed by atoms with van der Waals surface area (Å²) in [6, 6.07) is 11.3. The largest absolute Gasteiger partial charge is 0.497 e. The zero-order valence-corrected chi connectivity index (χ0v) is 11.9. The van der Waals surface area contributed by atoms with E-state index in [0.717, 1.165) is 11.4 Å². The molecule has 0 aliphatic heterocycles. The number of hydrogen-bond donors (Lipinski definition) is 1. The molecule has 0 bridgehead atoms. The Morgan fingerprint density at radius 2 is 1.75 bits per heavy atom. The van der Waals surface area contributed by atoms with Gasteiger partial charge in [0.25, 0.3) is 0 Å². The van der Waals surface area contributed by atoms with Crippen molar-refractivity contribution in [1.29, 1.82) is 0 Å². The highest BCUT2D eigenvalue weighted by Crippen LogP contribution is 2.20. The van der Waals surface area contributed by atoms with Crippen LogP contribution in [0.2, 0.25) is 0 Å². The van der Waals surface area contributed by atoms with Crippen LogP contribution in [0.15, 0.2) is 42.6 Å². The minimum atomic E-state index is -0.316. The van der Waals surface area contributed by atoms with E-state index in [1.54, 1.807) is 13.2 Å². The zero-order chi connectivity index (χ0) is 14.5. The molecule has 1 aromatic carbocycles. The van der Waals surface area contributed by atoms with Crippen molar-refractivity contribution in [3.05, 3.63) is 59.7 Å². The number of hydrogen-bond acceptors (Lipinski definition) is 3. The van der Waals surface area contributed by atoms with E-state index in [1.807, 2.05) is 31.2 Å². The number of aromatic nitrogens is 1. The summed E-state index contributed by atoms with van der Waals surface area (Å²) >= 11 is 0. The first-order valence-corrected chi connectivity index (χ1v) is 6.61. The van der Waals surface area contributed by atoms with Crippen LogP contribution >= 0.6 is 0 Å².